The van der Waals surface area contributed by atoms with Crippen LogP contribution in [0.1, 0.15) is 31.1 Å². The lowest BCUT2D eigenvalue weighted by molar-refractivity contribution is 0.601. The summed E-state index contributed by atoms with van der Waals surface area (Å²) in [6.07, 6.45) is 0. The number of hydrogen-bond donors (Lipinski definition) is 1. The van der Waals surface area contributed by atoms with Crippen LogP contribution in [0.4, 0.5) is 0 Å². The van der Waals surface area contributed by atoms with Crippen LogP contribution in [0.3, 0.4) is 0 Å². The molecule has 0 aliphatic rings. The quantitative estimate of drug-likeness (QED) is 0.848. The Bertz CT molecular complexity index is 491. The second-order valence-electron chi connectivity index (χ2n) is 4.15. The maximum atomic E-state index is 4.55. The Kier molecular flexibility index (Phi) is 3.20. The molecule has 1 N–H and O–H groups in total. The maximum absolute atomic E-state index is 4.55. The third-order valence-corrected chi connectivity index (χ3v) is 2.85. The smallest absolute Gasteiger partial charge is 0.0708 e. The summed E-state index contributed by atoms with van der Waals surface area (Å²) in [5.41, 5.74) is 3.51. The first kappa shape index (κ1) is 11.1. The van der Waals surface area contributed by atoms with Crippen molar-refractivity contribution >= 4 is 10.9 Å². The number of pyridine rings is 1. The standard InChI is InChI=1S/C14H18N2/c1-4-15-11(3)13-9-10(2)16-14-8-6-5-7-12(13)14/h5-9,11,15H,4H2,1-3H3. The summed E-state index contributed by atoms with van der Waals surface area (Å²) in [7, 11) is 0. The van der Waals surface area contributed by atoms with Gasteiger partial charge in [0, 0.05) is 17.1 Å². The molecular formula is C14H18N2. The average Bonchev–Trinajstić information content (AvgIpc) is 2.28. The highest BCUT2D eigenvalue weighted by atomic mass is 14.9. The molecule has 2 aromatic rings. The molecule has 0 saturated carbocycles. The van der Waals surface area contributed by atoms with Crippen LogP contribution in [-0.2, 0) is 0 Å². The molecule has 0 aliphatic carbocycles. The summed E-state index contributed by atoms with van der Waals surface area (Å²) in [5.74, 6) is 0. The Morgan fingerprint density at radius 2 is 2.06 bits per heavy atom. The molecule has 0 radical (unpaired) electrons. The lowest BCUT2D eigenvalue weighted by Gasteiger charge is -2.15. The highest BCUT2D eigenvalue weighted by Crippen LogP contribution is 2.23. The van der Waals surface area contributed by atoms with Crippen LogP contribution in [-0.4, -0.2) is 11.5 Å². The second kappa shape index (κ2) is 4.62. The van der Waals surface area contributed by atoms with E-state index in [0.29, 0.717) is 6.04 Å². The van der Waals surface area contributed by atoms with E-state index in [1.807, 2.05) is 6.07 Å². The van der Waals surface area contributed by atoms with Gasteiger partial charge >= 0.3 is 0 Å². The van der Waals surface area contributed by atoms with Crippen molar-refractivity contribution in [1.29, 1.82) is 0 Å². The van der Waals surface area contributed by atoms with Crippen LogP contribution in [0.15, 0.2) is 30.3 Å². The van der Waals surface area contributed by atoms with Gasteiger partial charge < -0.3 is 5.32 Å². The Labute approximate surface area is 96.7 Å². The Balaban J connectivity index is 2.58. The van der Waals surface area contributed by atoms with Gasteiger partial charge in [0.15, 0.2) is 0 Å². The molecule has 0 fully saturated rings. The zero-order chi connectivity index (χ0) is 11.5. The average molecular weight is 214 g/mol. The van der Waals surface area contributed by atoms with Gasteiger partial charge in [-0.1, -0.05) is 25.1 Å². The molecule has 2 rings (SSSR count). The largest absolute Gasteiger partial charge is 0.310 e. The SMILES string of the molecule is CCNC(C)c1cc(C)nc2ccccc12. The van der Waals surface area contributed by atoms with Crippen molar-refractivity contribution in [3.8, 4) is 0 Å². The fraction of sp³-hybridized carbons (Fsp3) is 0.357. The molecule has 1 heterocycles. The van der Waals surface area contributed by atoms with E-state index in [2.05, 4.69) is 55.3 Å². The number of nitrogens with one attached hydrogen (secondary N) is 1. The van der Waals surface area contributed by atoms with Crippen LogP contribution in [0, 0.1) is 6.92 Å². The minimum absolute atomic E-state index is 0.372. The lowest BCUT2D eigenvalue weighted by atomic mass is 10.0. The van der Waals surface area contributed by atoms with Gasteiger partial charge in [-0.05, 0) is 38.1 Å². The third-order valence-electron chi connectivity index (χ3n) is 2.85. The van der Waals surface area contributed by atoms with Crippen molar-refractivity contribution < 1.29 is 0 Å². The Morgan fingerprint density at radius 3 is 2.81 bits per heavy atom. The number of benzene rings is 1. The Hall–Kier alpha value is -1.41. The third kappa shape index (κ3) is 2.07. The maximum Gasteiger partial charge on any atom is 0.0708 e. The second-order valence-corrected chi connectivity index (χ2v) is 4.15. The normalized spacial score (nSPS) is 12.9. The zero-order valence-electron chi connectivity index (χ0n) is 10.1. The van der Waals surface area contributed by atoms with Gasteiger partial charge in [0.05, 0.1) is 5.52 Å². The summed E-state index contributed by atoms with van der Waals surface area (Å²) in [6, 6.07) is 10.9. The first-order valence-electron chi connectivity index (χ1n) is 5.82. The topological polar surface area (TPSA) is 24.9 Å². The number of nitrogens with zero attached hydrogens (tertiary/aromatic N) is 1. The van der Waals surface area contributed by atoms with Gasteiger partial charge in [-0.25, -0.2) is 0 Å². The molecule has 1 atom stereocenters. The van der Waals surface area contributed by atoms with E-state index in [4.69, 9.17) is 0 Å². The number of fused-ring (bicyclic) bond motifs is 1. The minimum Gasteiger partial charge on any atom is -0.310 e. The molecule has 1 aromatic carbocycles. The summed E-state index contributed by atoms with van der Waals surface area (Å²) >= 11 is 0. The van der Waals surface area contributed by atoms with Crippen LogP contribution in [0.5, 0.6) is 0 Å². The number of aryl methyl sites for hydroxylation is 1. The van der Waals surface area contributed by atoms with E-state index >= 15 is 0 Å². The van der Waals surface area contributed by atoms with Crippen LogP contribution in [0.25, 0.3) is 10.9 Å². The van der Waals surface area contributed by atoms with Crippen LogP contribution < -0.4 is 5.32 Å². The van der Waals surface area contributed by atoms with Crippen molar-refractivity contribution in [2.75, 3.05) is 6.54 Å². The van der Waals surface area contributed by atoms with Gasteiger partial charge in [-0.3, -0.25) is 4.98 Å². The highest BCUT2D eigenvalue weighted by molar-refractivity contribution is 5.82. The molecule has 1 aromatic heterocycles. The Morgan fingerprint density at radius 1 is 1.31 bits per heavy atom. The van der Waals surface area contributed by atoms with Crippen molar-refractivity contribution in [2.45, 2.75) is 26.8 Å². The first-order chi connectivity index (χ1) is 7.72. The number of aromatic nitrogens is 1. The van der Waals surface area contributed by atoms with Crippen LogP contribution >= 0.6 is 0 Å². The van der Waals surface area contributed by atoms with Crippen molar-refractivity contribution in [3.63, 3.8) is 0 Å². The van der Waals surface area contributed by atoms with Gasteiger partial charge in [-0.15, -0.1) is 0 Å². The number of para-hydroxylation sites is 1. The molecule has 0 spiro atoms. The molecule has 1 unspecified atom stereocenters. The van der Waals surface area contributed by atoms with Gasteiger partial charge in [0.1, 0.15) is 0 Å². The van der Waals surface area contributed by atoms with E-state index < -0.39 is 0 Å². The van der Waals surface area contributed by atoms with Crippen molar-refractivity contribution in [3.05, 3.63) is 41.6 Å². The van der Waals surface area contributed by atoms with Gasteiger partial charge in [-0.2, -0.15) is 0 Å². The fourth-order valence-corrected chi connectivity index (χ4v) is 2.11. The molecule has 16 heavy (non-hydrogen) atoms. The molecular weight excluding hydrogens is 196 g/mol. The molecule has 2 heteroatoms. The van der Waals surface area contributed by atoms with E-state index in [9.17, 15) is 0 Å². The van der Waals surface area contributed by atoms with E-state index in [-0.39, 0.29) is 0 Å². The summed E-state index contributed by atoms with van der Waals surface area (Å²) in [5, 5.41) is 4.70. The molecule has 0 amide bonds. The monoisotopic (exact) mass is 214 g/mol. The van der Waals surface area contributed by atoms with Gasteiger partial charge in [0.2, 0.25) is 0 Å². The lowest BCUT2D eigenvalue weighted by Crippen LogP contribution is -2.18. The predicted molar refractivity (Wildman–Crippen MR) is 68.6 cm³/mol. The summed E-state index contributed by atoms with van der Waals surface area (Å²) in [4.78, 5) is 4.55. The van der Waals surface area contributed by atoms with Crippen molar-refractivity contribution in [1.82, 2.24) is 10.3 Å². The zero-order valence-corrected chi connectivity index (χ0v) is 10.1. The number of hydrogen-bond acceptors (Lipinski definition) is 2. The molecule has 0 bridgehead atoms. The van der Waals surface area contributed by atoms with E-state index in [1.54, 1.807) is 0 Å². The molecule has 84 valence electrons. The molecule has 0 saturated heterocycles. The van der Waals surface area contributed by atoms with Crippen molar-refractivity contribution in [2.24, 2.45) is 0 Å². The molecule has 0 aliphatic heterocycles. The minimum atomic E-state index is 0.372. The first-order valence-corrected chi connectivity index (χ1v) is 5.82. The fourth-order valence-electron chi connectivity index (χ4n) is 2.11. The van der Waals surface area contributed by atoms with E-state index in [0.717, 1.165) is 17.8 Å². The highest BCUT2D eigenvalue weighted by Gasteiger charge is 2.09. The summed E-state index contributed by atoms with van der Waals surface area (Å²) < 4.78 is 0. The number of rotatable bonds is 3. The van der Waals surface area contributed by atoms with Crippen LogP contribution in [0.2, 0.25) is 0 Å². The van der Waals surface area contributed by atoms with E-state index in [1.165, 1.54) is 10.9 Å². The summed E-state index contributed by atoms with van der Waals surface area (Å²) in [6.45, 7) is 7.36. The molecule has 2 nitrogen and oxygen atoms in total. The predicted octanol–water partition coefficient (Wildman–Crippen LogP) is 3.21. The van der Waals surface area contributed by atoms with Gasteiger partial charge in [0.25, 0.3) is 0 Å².